The summed E-state index contributed by atoms with van der Waals surface area (Å²) < 4.78 is 46.0. The Morgan fingerprint density at radius 3 is 2.78 bits per heavy atom. The molecule has 7 nitrogen and oxygen atoms in total. The zero-order valence-electron chi connectivity index (χ0n) is 12.4. The summed E-state index contributed by atoms with van der Waals surface area (Å²) in [5.74, 6) is -0.783. The van der Waals surface area contributed by atoms with E-state index < -0.39 is 15.8 Å². The third-order valence-corrected chi connectivity index (χ3v) is 4.52. The van der Waals surface area contributed by atoms with Gasteiger partial charge in [0.05, 0.1) is 12.0 Å². The minimum Gasteiger partial charge on any atom is -0.494 e. The van der Waals surface area contributed by atoms with Crippen LogP contribution in [0.1, 0.15) is 6.42 Å². The van der Waals surface area contributed by atoms with Crippen molar-refractivity contribution in [3.63, 3.8) is 0 Å². The summed E-state index contributed by atoms with van der Waals surface area (Å²) in [6.07, 6.45) is 1.85. The first-order chi connectivity index (χ1) is 10.9. The van der Waals surface area contributed by atoms with Gasteiger partial charge in [-0.05, 0) is 30.7 Å². The number of nitrogens with zero attached hydrogens (tertiary/aromatic N) is 2. The van der Waals surface area contributed by atoms with Crippen molar-refractivity contribution in [1.29, 1.82) is 0 Å². The third kappa shape index (κ3) is 4.36. The first kappa shape index (κ1) is 17.1. The summed E-state index contributed by atoms with van der Waals surface area (Å²) >= 11 is 0. The van der Waals surface area contributed by atoms with Crippen LogP contribution in [0, 0.1) is 5.82 Å². The van der Waals surface area contributed by atoms with E-state index in [9.17, 15) is 17.6 Å². The molecule has 0 fully saturated rings. The minimum atomic E-state index is -3.83. The molecule has 0 aliphatic rings. The summed E-state index contributed by atoms with van der Waals surface area (Å²) in [4.78, 5) is 11.2. The Balaban J connectivity index is 1.95. The van der Waals surface area contributed by atoms with Crippen LogP contribution < -0.4 is 15.0 Å². The van der Waals surface area contributed by atoms with Crippen molar-refractivity contribution in [3.8, 4) is 5.75 Å². The van der Waals surface area contributed by atoms with Gasteiger partial charge in [0.2, 0.25) is 10.0 Å². The van der Waals surface area contributed by atoms with Gasteiger partial charge in [-0.15, -0.1) is 0 Å². The molecule has 2 rings (SSSR count). The first-order valence-corrected chi connectivity index (χ1v) is 8.28. The number of ether oxygens (including phenoxy) is 1. The standard InChI is InChI=1S/C14H16FN3O4S/c1-22-13-6-5-11(10-12(13)15)23(20,21)17-8-3-9-18-14(19)4-2-7-16-18/h2,4-7,10,17H,3,8-9H2,1H3. The number of benzene rings is 1. The van der Waals surface area contributed by atoms with Crippen molar-refractivity contribution >= 4 is 10.0 Å². The number of rotatable bonds is 7. The zero-order chi connectivity index (χ0) is 16.9. The molecule has 0 atom stereocenters. The third-order valence-electron chi connectivity index (χ3n) is 3.06. The van der Waals surface area contributed by atoms with Crippen LogP contribution in [0.2, 0.25) is 0 Å². The van der Waals surface area contributed by atoms with E-state index in [1.54, 1.807) is 0 Å². The Morgan fingerprint density at radius 1 is 1.35 bits per heavy atom. The van der Waals surface area contributed by atoms with Gasteiger partial charge in [0.25, 0.3) is 5.56 Å². The van der Waals surface area contributed by atoms with Crippen LogP contribution in [-0.4, -0.2) is 31.9 Å². The van der Waals surface area contributed by atoms with E-state index >= 15 is 0 Å². The molecule has 1 aromatic carbocycles. The van der Waals surface area contributed by atoms with E-state index in [2.05, 4.69) is 9.82 Å². The van der Waals surface area contributed by atoms with E-state index in [0.717, 1.165) is 6.07 Å². The molecule has 9 heteroatoms. The van der Waals surface area contributed by atoms with Gasteiger partial charge in [0, 0.05) is 25.4 Å². The SMILES string of the molecule is COc1ccc(S(=O)(=O)NCCCn2ncccc2=O)cc1F. The fourth-order valence-corrected chi connectivity index (χ4v) is 2.97. The quantitative estimate of drug-likeness (QED) is 0.751. The predicted molar refractivity (Wildman–Crippen MR) is 81.3 cm³/mol. The van der Waals surface area contributed by atoms with Crippen molar-refractivity contribution in [3.05, 3.63) is 52.7 Å². The molecule has 0 spiro atoms. The van der Waals surface area contributed by atoms with Crippen LogP contribution in [-0.2, 0) is 16.6 Å². The van der Waals surface area contributed by atoms with E-state index in [4.69, 9.17) is 4.74 Å². The molecule has 1 N–H and O–H groups in total. The first-order valence-electron chi connectivity index (χ1n) is 6.79. The van der Waals surface area contributed by atoms with Gasteiger partial charge in [-0.3, -0.25) is 4.79 Å². The van der Waals surface area contributed by atoms with E-state index in [-0.39, 0.29) is 29.3 Å². The molecule has 0 bridgehead atoms. The van der Waals surface area contributed by atoms with Gasteiger partial charge in [-0.1, -0.05) is 0 Å². The smallest absolute Gasteiger partial charge is 0.266 e. The van der Waals surface area contributed by atoms with Gasteiger partial charge >= 0.3 is 0 Å². The lowest BCUT2D eigenvalue weighted by atomic mass is 10.3. The Hall–Kier alpha value is -2.26. The number of aryl methyl sites for hydroxylation is 1. The highest BCUT2D eigenvalue weighted by Crippen LogP contribution is 2.20. The van der Waals surface area contributed by atoms with Crippen LogP contribution in [0.4, 0.5) is 4.39 Å². The minimum absolute atomic E-state index is 0.0292. The average molecular weight is 341 g/mol. The fourth-order valence-electron chi connectivity index (χ4n) is 1.89. The molecule has 124 valence electrons. The second-order valence-electron chi connectivity index (χ2n) is 4.63. The highest BCUT2D eigenvalue weighted by atomic mass is 32.2. The molecule has 2 aromatic rings. The van der Waals surface area contributed by atoms with E-state index in [0.29, 0.717) is 6.42 Å². The Bertz CT molecular complexity index is 836. The number of hydrogen-bond acceptors (Lipinski definition) is 5. The van der Waals surface area contributed by atoms with Gasteiger partial charge in [-0.2, -0.15) is 5.10 Å². The van der Waals surface area contributed by atoms with Crippen LogP contribution in [0.15, 0.2) is 46.2 Å². The number of nitrogens with one attached hydrogen (secondary N) is 1. The summed E-state index contributed by atoms with van der Waals surface area (Å²) in [7, 11) is -2.53. The molecule has 1 aromatic heterocycles. The Labute approximate surface area is 132 Å². The Morgan fingerprint density at radius 2 is 2.13 bits per heavy atom. The predicted octanol–water partition coefficient (Wildman–Crippen LogP) is 0.760. The fraction of sp³-hybridized carbons (Fsp3) is 0.286. The highest BCUT2D eigenvalue weighted by Gasteiger charge is 2.16. The maximum absolute atomic E-state index is 13.6. The molecule has 0 aliphatic carbocycles. The molecular weight excluding hydrogens is 325 g/mol. The number of halogens is 1. The number of sulfonamides is 1. The van der Waals surface area contributed by atoms with Crippen LogP contribution in [0.3, 0.4) is 0 Å². The maximum atomic E-state index is 13.6. The van der Waals surface area contributed by atoms with Gasteiger partial charge in [0.15, 0.2) is 11.6 Å². The molecule has 0 aliphatic heterocycles. The van der Waals surface area contributed by atoms with Gasteiger partial charge in [-0.25, -0.2) is 22.2 Å². The Kier molecular flexibility index (Phi) is 5.45. The van der Waals surface area contributed by atoms with Crippen molar-refractivity contribution in [1.82, 2.24) is 14.5 Å². The van der Waals surface area contributed by atoms with Gasteiger partial charge in [0.1, 0.15) is 0 Å². The summed E-state index contributed by atoms with van der Waals surface area (Å²) in [5.41, 5.74) is -0.257. The lowest BCUT2D eigenvalue weighted by Gasteiger charge is -2.08. The molecule has 0 unspecified atom stereocenters. The molecule has 0 saturated heterocycles. The number of hydrogen-bond donors (Lipinski definition) is 1. The van der Waals surface area contributed by atoms with Crippen LogP contribution >= 0.6 is 0 Å². The van der Waals surface area contributed by atoms with Crippen molar-refractivity contribution in [2.75, 3.05) is 13.7 Å². The highest BCUT2D eigenvalue weighted by molar-refractivity contribution is 7.89. The number of methoxy groups -OCH3 is 1. The topological polar surface area (TPSA) is 90.3 Å². The largest absolute Gasteiger partial charge is 0.494 e. The molecular formula is C14H16FN3O4S. The summed E-state index contributed by atoms with van der Waals surface area (Å²) in [5, 5.41) is 3.86. The van der Waals surface area contributed by atoms with Crippen LogP contribution in [0.25, 0.3) is 0 Å². The summed E-state index contributed by atoms with van der Waals surface area (Å²) in [6.45, 7) is 0.373. The van der Waals surface area contributed by atoms with Crippen molar-refractivity contribution in [2.45, 2.75) is 17.9 Å². The second kappa shape index (κ2) is 7.34. The number of aromatic nitrogens is 2. The average Bonchev–Trinajstić information content (AvgIpc) is 2.53. The van der Waals surface area contributed by atoms with Crippen molar-refractivity contribution in [2.24, 2.45) is 0 Å². The summed E-state index contributed by atoms with van der Waals surface area (Å²) in [6, 6.07) is 6.30. The molecule has 1 heterocycles. The molecule has 0 amide bonds. The molecule has 0 saturated carbocycles. The lowest BCUT2D eigenvalue weighted by molar-refractivity contribution is 0.385. The maximum Gasteiger partial charge on any atom is 0.266 e. The zero-order valence-corrected chi connectivity index (χ0v) is 13.2. The normalized spacial score (nSPS) is 11.4. The van der Waals surface area contributed by atoms with Gasteiger partial charge < -0.3 is 4.74 Å². The van der Waals surface area contributed by atoms with E-state index in [1.807, 2.05) is 0 Å². The lowest BCUT2D eigenvalue weighted by Crippen LogP contribution is -2.28. The monoisotopic (exact) mass is 341 g/mol. The van der Waals surface area contributed by atoms with Crippen molar-refractivity contribution < 1.29 is 17.5 Å². The second-order valence-corrected chi connectivity index (χ2v) is 6.40. The molecule has 23 heavy (non-hydrogen) atoms. The molecule has 0 radical (unpaired) electrons. The van der Waals surface area contributed by atoms with E-state index in [1.165, 1.54) is 42.3 Å². The van der Waals surface area contributed by atoms with Crippen LogP contribution in [0.5, 0.6) is 5.75 Å².